The first-order valence-corrected chi connectivity index (χ1v) is 5.25. The summed E-state index contributed by atoms with van der Waals surface area (Å²) in [7, 11) is 0. The molecule has 92 valence electrons. The maximum Gasteiger partial charge on any atom is 0 e. The third kappa shape index (κ3) is 4.39. The van der Waals surface area contributed by atoms with Crippen LogP contribution in [0.5, 0.6) is 0 Å². The molecule has 0 aliphatic carbocycles. The molecule has 0 saturated carbocycles. The third-order valence-corrected chi connectivity index (χ3v) is 2.23. The summed E-state index contributed by atoms with van der Waals surface area (Å²) in [5, 5.41) is 0. The summed E-state index contributed by atoms with van der Waals surface area (Å²) in [6, 6.07) is 22.3. The second kappa shape index (κ2) is 7.61. The van der Waals surface area contributed by atoms with Gasteiger partial charge < -0.3 is 30.3 Å². The molecule has 0 radical (unpaired) electrons. The fourth-order valence-corrected chi connectivity index (χ4v) is 1.43. The molecule has 1 aromatic heterocycles. The number of hydrogen-bond donors (Lipinski definition) is 0. The standard InChI is InChI=1S/C10H8N.C5H5.Fe/c1-2-4-9(3-1)10-5-7-11-8-6-10;1-2-4-5-3-1;/h1-8H;1-5H;/q-1;-5;. The Bertz CT molecular complexity index is 452. The van der Waals surface area contributed by atoms with E-state index in [1.807, 2.05) is 67.0 Å². The summed E-state index contributed by atoms with van der Waals surface area (Å²) in [4.78, 5) is 3.96. The van der Waals surface area contributed by atoms with Crippen LogP contribution < -0.4 is 0 Å². The molecule has 2 aromatic carbocycles. The average molecular weight is 263 g/mol. The third-order valence-electron chi connectivity index (χ3n) is 2.23. The van der Waals surface area contributed by atoms with Crippen molar-refractivity contribution in [2.24, 2.45) is 0 Å². The van der Waals surface area contributed by atoms with Gasteiger partial charge in [0, 0.05) is 17.1 Å². The van der Waals surface area contributed by atoms with E-state index in [0.29, 0.717) is 0 Å². The molecule has 3 rings (SSSR count). The predicted molar refractivity (Wildman–Crippen MR) is 67.3 cm³/mol. The van der Waals surface area contributed by atoms with E-state index in [9.17, 15) is 0 Å². The summed E-state index contributed by atoms with van der Waals surface area (Å²) in [6.45, 7) is 0. The summed E-state index contributed by atoms with van der Waals surface area (Å²) in [5.41, 5.74) is 2.48. The Labute approximate surface area is 112 Å². The molecule has 3 aromatic rings. The molecular formula is C15H13FeN-6. The van der Waals surface area contributed by atoms with Gasteiger partial charge in [0.15, 0.2) is 0 Å². The van der Waals surface area contributed by atoms with E-state index in [4.69, 9.17) is 0 Å². The maximum atomic E-state index is 3.96. The van der Waals surface area contributed by atoms with Crippen molar-refractivity contribution in [1.29, 1.82) is 0 Å². The Balaban J connectivity index is 0.000000205. The van der Waals surface area contributed by atoms with Crippen LogP contribution in [0.15, 0.2) is 79.1 Å². The van der Waals surface area contributed by atoms with Crippen molar-refractivity contribution in [3.63, 3.8) is 0 Å². The molecule has 0 aliphatic rings. The molecular weight excluding hydrogens is 250 g/mol. The molecule has 0 N–H and O–H groups in total. The molecule has 0 atom stereocenters. The zero-order chi connectivity index (χ0) is 11.1. The Kier molecular flexibility index (Phi) is 6.02. The van der Waals surface area contributed by atoms with Gasteiger partial charge in [-0.1, -0.05) is 5.56 Å². The SMILES string of the molecule is [Fe].[cH-]1[cH-][cH-][cH-][cH-]1.c1cc[c-](-c2ccncc2)c1. The predicted octanol–water partition coefficient (Wildman–Crippen LogP) is 3.87. The molecule has 0 spiro atoms. The fourth-order valence-electron chi connectivity index (χ4n) is 1.43. The van der Waals surface area contributed by atoms with Crippen LogP contribution in [0.2, 0.25) is 0 Å². The molecule has 2 heteroatoms. The van der Waals surface area contributed by atoms with E-state index in [1.54, 1.807) is 0 Å². The monoisotopic (exact) mass is 263 g/mol. The van der Waals surface area contributed by atoms with E-state index in [-0.39, 0.29) is 17.1 Å². The van der Waals surface area contributed by atoms with Gasteiger partial charge in [-0.15, -0.1) is 29.8 Å². The zero-order valence-electron chi connectivity index (χ0n) is 9.31. The van der Waals surface area contributed by atoms with E-state index in [1.165, 1.54) is 11.1 Å². The Morgan fingerprint density at radius 1 is 0.824 bits per heavy atom. The van der Waals surface area contributed by atoms with Crippen molar-refractivity contribution in [3.05, 3.63) is 79.1 Å². The molecule has 0 bridgehead atoms. The zero-order valence-corrected chi connectivity index (χ0v) is 10.4. The van der Waals surface area contributed by atoms with Gasteiger partial charge in [0.2, 0.25) is 0 Å². The second-order valence-electron chi connectivity index (χ2n) is 3.37. The first-order valence-electron chi connectivity index (χ1n) is 5.25. The van der Waals surface area contributed by atoms with Gasteiger partial charge in [0.1, 0.15) is 0 Å². The molecule has 1 heterocycles. The summed E-state index contributed by atoms with van der Waals surface area (Å²) >= 11 is 0. The molecule has 17 heavy (non-hydrogen) atoms. The molecule has 1 nitrogen and oxygen atoms in total. The summed E-state index contributed by atoms with van der Waals surface area (Å²) in [6.07, 6.45) is 3.62. The maximum absolute atomic E-state index is 3.96. The normalized spacial score (nSPS) is 8.71. The van der Waals surface area contributed by atoms with Crippen LogP contribution in [0.3, 0.4) is 0 Å². The molecule has 0 fully saturated rings. The minimum atomic E-state index is 0. The number of hydrogen-bond acceptors (Lipinski definition) is 1. The number of pyridine rings is 1. The van der Waals surface area contributed by atoms with Gasteiger partial charge in [-0.05, 0) is 12.4 Å². The van der Waals surface area contributed by atoms with E-state index < -0.39 is 0 Å². The minimum Gasteiger partial charge on any atom is -0.748 e. The Morgan fingerprint density at radius 2 is 1.29 bits per heavy atom. The van der Waals surface area contributed by atoms with Crippen LogP contribution in [0.4, 0.5) is 0 Å². The van der Waals surface area contributed by atoms with Crippen LogP contribution in [-0.2, 0) is 17.1 Å². The topological polar surface area (TPSA) is 12.9 Å². The van der Waals surface area contributed by atoms with Crippen LogP contribution >= 0.6 is 0 Å². The van der Waals surface area contributed by atoms with Gasteiger partial charge >= 0.3 is 0 Å². The van der Waals surface area contributed by atoms with Gasteiger partial charge in [0.05, 0.1) is 0 Å². The van der Waals surface area contributed by atoms with E-state index in [0.717, 1.165) is 0 Å². The summed E-state index contributed by atoms with van der Waals surface area (Å²) < 4.78 is 0. The van der Waals surface area contributed by atoms with Gasteiger partial charge in [-0.3, -0.25) is 4.98 Å². The van der Waals surface area contributed by atoms with Crippen LogP contribution in [0.1, 0.15) is 0 Å². The fraction of sp³-hybridized carbons (Fsp3) is 0. The van der Waals surface area contributed by atoms with Gasteiger partial charge in [-0.2, -0.15) is 12.1 Å². The summed E-state index contributed by atoms with van der Waals surface area (Å²) in [5.74, 6) is 0. The van der Waals surface area contributed by atoms with E-state index in [2.05, 4.69) is 17.1 Å². The number of rotatable bonds is 1. The van der Waals surface area contributed by atoms with Gasteiger partial charge in [-0.25, -0.2) is 0 Å². The molecule has 0 aliphatic heterocycles. The minimum absolute atomic E-state index is 0. The van der Waals surface area contributed by atoms with Crippen molar-refractivity contribution < 1.29 is 17.1 Å². The second-order valence-corrected chi connectivity index (χ2v) is 3.37. The molecule has 0 amide bonds. The quantitative estimate of drug-likeness (QED) is 0.479. The van der Waals surface area contributed by atoms with E-state index >= 15 is 0 Å². The average Bonchev–Trinajstić information content (AvgIpc) is 3.07. The Hall–Kier alpha value is -1.63. The number of nitrogens with zero attached hydrogens (tertiary/aromatic N) is 1. The van der Waals surface area contributed by atoms with Crippen molar-refractivity contribution in [3.8, 4) is 11.1 Å². The van der Waals surface area contributed by atoms with Crippen LogP contribution in [0, 0.1) is 0 Å². The van der Waals surface area contributed by atoms with Crippen molar-refractivity contribution in [2.75, 3.05) is 0 Å². The number of aromatic nitrogens is 1. The molecule has 0 saturated heterocycles. The van der Waals surface area contributed by atoms with Crippen molar-refractivity contribution >= 4 is 0 Å². The largest absolute Gasteiger partial charge is 0.748 e. The van der Waals surface area contributed by atoms with Crippen LogP contribution in [0.25, 0.3) is 11.1 Å². The molecule has 0 unspecified atom stereocenters. The first kappa shape index (κ1) is 13.4. The van der Waals surface area contributed by atoms with Gasteiger partial charge in [0.25, 0.3) is 0 Å². The van der Waals surface area contributed by atoms with Crippen LogP contribution in [-0.4, -0.2) is 4.98 Å². The van der Waals surface area contributed by atoms with Crippen molar-refractivity contribution in [1.82, 2.24) is 4.98 Å². The Morgan fingerprint density at radius 3 is 1.76 bits per heavy atom. The smallest absolute Gasteiger partial charge is 0 e. The first-order chi connectivity index (χ1) is 7.97. The van der Waals surface area contributed by atoms with Crippen molar-refractivity contribution in [2.45, 2.75) is 0 Å².